The number of rotatable bonds is 7. The van der Waals surface area contributed by atoms with Crippen LogP contribution < -0.4 is 4.90 Å². The topological polar surface area (TPSA) is 56.1 Å². The summed E-state index contributed by atoms with van der Waals surface area (Å²) in [5.74, 6) is 1.67. The van der Waals surface area contributed by atoms with Gasteiger partial charge in [-0.3, -0.25) is 0 Å². The number of nitrogens with one attached hydrogen (secondary N) is 1. The molecule has 1 aliphatic rings. The van der Waals surface area contributed by atoms with E-state index in [4.69, 9.17) is 10.4 Å². The standard InChI is InChI=1S/C24H31N5S/c1-17(28(2)3)13-20(25)14-18-9-11-29(12-10-18)23-22-21(19-7-5-4-6-8-19)15-30-24(22)27-16-26-23/h4-8,15-18,25H,9-14H2,1-3H3. The summed E-state index contributed by atoms with van der Waals surface area (Å²) in [6.45, 7) is 4.19. The van der Waals surface area contributed by atoms with Crippen LogP contribution in [0.15, 0.2) is 42.0 Å². The number of nitrogens with zero attached hydrogens (tertiary/aromatic N) is 4. The molecule has 0 radical (unpaired) electrons. The SMILES string of the molecule is CC(CC(=N)CC1CCN(c2ncnc3scc(-c4ccccc4)c23)CC1)N(C)C. The molecule has 30 heavy (non-hydrogen) atoms. The summed E-state index contributed by atoms with van der Waals surface area (Å²) in [6, 6.07) is 11.0. The lowest BCUT2D eigenvalue weighted by atomic mass is 9.89. The Balaban J connectivity index is 1.46. The van der Waals surface area contributed by atoms with Crippen molar-refractivity contribution >= 4 is 33.1 Å². The summed E-state index contributed by atoms with van der Waals surface area (Å²) in [5.41, 5.74) is 3.34. The fourth-order valence-electron chi connectivity index (χ4n) is 4.25. The van der Waals surface area contributed by atoms with Gasteiger partial charge in [0.15, 0.2) is 0 Å². The molecule has 3 aromatic rings. The van der Waals surface area contributed by atoms with E-state index >= 15 is 0 Å². The molecular formula is C24H31N5S. The summed E-state index contributed by atoms with van der Waals surface area (Å²) in [5, 5.41) is 11.8. The van der Waals surface area contributed by atoms with Crippen molar-refractivity contribution in [2.45, 2.75) is 38.6 Å². The van der Waals surface area contributed by atoms with E-state index in [1.54, 1.807) is 17.7 Å². The van der Waals surface area contributed by atoms with Crippen LogP contribution in [0.5, 0.6) is 0 Å². The summed E-state index contributed by atoms with van der Waals surface area (Å²) < 4.78 is 0. The highest BCUT2D eigenvalue weighted by atomic mass is 32.1. The van der Waals surface area contributed by atoms with Gasteiger partial charge in [0.1, 0.15) is 17.0 Å². The van der Waals surface area contributed by atoms with Gasteiger partial charge in [-0.1, -0.05) is 30.3 Å². The quantitative estimate of drug-likeness (QED) is 0.524. The summed E-state index contributed by atoms with van der Waals surface area (Å²) in [7, 11) is 4.18. The fraction of sp³-hybridized carbons (Fsp3) is 0.458. The number of fused-ring (bicyclic) bond motifs is 1. The number of piperidine rings is 1. The maximum Gasteiger partial charge on any atom is 0.141 e. The Morgan fingerprint density at radius 2 is 1.93 bits per heavy atom. The van der Waals surface area contributed by atoms with Crippen LogP contribution in [0.3, 0.4) is 0 Å². The molecular weight excluding hydrogens is 390 g/mol. The Morgan fingerprint density at radius 1 is 1.20 bits per heavy atom. The molecule has 6 heteroatoms. The second kappa shape index (κ2) is 9.23. The van der Waals surface area contributed by atoms with Gasteiger partial charge in [-0.2, -0.15) is 0 Å². The van der Waals surface area contributed by atoms with Crippen LogP contribution >= 0.6 is 11.3 Å². The van der Waals surface area contributed by atoms with Gasteiger partial charge < -0.3 is 15.2 Å². The van der Waals surface area contributed by atoms with Gasteiger partial charge in [0, 0.05) is 42.2 Å². The van der Waals surface area contributed by atoms with Gasteiger partial charge in [0.25, 0.3) is 0 Å². The highest BCUT2D eigenvalue weighted by molar-refractivity contribution is 7.17. The van der Waals surface area contributed by atoms with E-state index in [0.717, 1.165) is 55.1 Å². The van der Waals surface area contributed by atoms with Gasteiger partial charge in [0.2, 0.25) is 0 Å². The van der Waals surface area contributed by atoms with Gasteiger partial charge in [-0.25, -0.2) is 9.97 Å². The molecule has 1 aromatic carbocycles. The van der Waals surface area contributed by atoms with Crippen molar-refractivity contribution < 1.29 is 0 Å². The number of benzene rings is 1. The van der Waals surface area contributed by atoms with Crippen molar-refractivity contribution in [3.63, 3.8) is 0 Å². The number of hydrogen-bond acceptors (Lipinski definition) is 6. The van der Waals surface area contributed by atoms with Gasteiger partial charge in [0.05, 0.1) is 5.39 Å². The molecule has 1 unspecified atom stereocenters. The number of thiophene rings is 1. The highest BCUT2D eigenvalue weighted by Gasteiger charge is 2.24. The maximum absolute atomic E-state index is 8.41. The minimum Gasteiger partial charge on any atom is -0.356 e. The molecule has 0 saturated carbocycles. The Bertz CT molecular complexity index is 989. The van der Waals surface area contributed by atoms with Crippen molar-refractivity contribution in [3.05, 3.63) is 42.0 Å². The largest absolute Gasteiger partial charge is 0.356 e. The van der Waals surface area contributed by atoms with Crippen LogP contribution in [0.1, 0.15) is 32.6 Å². The summed E-state index contributed by atoms with van der Waals surface area (Å²) in [6.07, 6.45) is 5.74. The third-order valence-electron chi connectivity index (χ3n) is 6.31. The minimum atomic E-state index is 0.432. The minimum absolute atomic E-state index is 0.432. The van der Waals surface area contributed by atoms with Crippen LogP contribution in [-0.4, -0.2) is 53.8 Å². The van der Waals surface area contributed by atoms with Crippen molar-refractivity contribution in [2.75, 3.05) is 32.1 Å². The second-order valence-corrected chi connectivity index (χ2v) is 9.51. The molecule has 1 fully saturated rings. The zero-order valence-electron chi connectivity index (χ0n) is 18.1. The third-order valence-corrected chi connectivity index (χ3v) is 7.19. The molecule has 3 heterocycles. The van der Waals surface area contributed by atoms with Crippen LogP contribution in [0, 0.1) is 11.3 Å². The van der Waals surface area contributed by atoms with Crippen LogP contribution in [0.4, 0.5) is 5.82 Å². The summed E-state index contributed by atoms with van der Waals surface area (Å²) >= 11 is 1.69. The predicted molar refractivity (Wildman–Crippen MR) is 128 cm³/mol. The molecule has 0 aliphatic carbocycles. The lowest BCUT2D eigenvalue weighted by molar-refractivity contribution is 0.318. The van der Waals surface area contributed by atoms with E-state index in [1.807, 2.05) is 0 Å². The highest BCUT2D eigenvalue weighted by Crippen LogP contribution is 2.38. The van der Waals surface area contributed by atoms with Crippen LogP contribution in [-0.2, 0) is 0 Å². The molecule has 0 spiro atoms. The number of hydrogen-bond donors (Lipinski definition) is 1. The van der Waals surface area contributed by atoms with Crippen molar-refractivity contribution in [1.29, 1.82) is 5.41 Å². The molecule has 1 N–H and O–H groups in total. The molecule has 0 amide bonds. The lowest BCUT2D eigenvalue weighted by Crippen LogP contribution is -2.35. The van der Waals surface area contributed by atoms with E-state index in [1.165, 1.54) is 16.5 Å². The second-order valence-electron chi connectivity index (χ2n) is 8.65. The van der Waals surface area contributed by atoms with Gasteiger partial charge in [-0.15, -0.1) is 11.3 Å². The fourth-order valence-corrected chi connectivity index (χ4v) is 5.16. The third kappa shape index (κ3) is 4.55. The first-order chi connectivity index (χ1) is 14.5. The Morgan fingerprint density at radius 3 is 2.63 bits per heavy atom. The molecule has 5 nitrogen and oxygen atoms in total. The average Bonchev–Trinajstić information content (AvgIpc) is 3.19. The maximum atomic E-state index is 8.41. The first-order valence-electron chi connectivity index (χ1n) is 10.8. The Kier molecular flexibility index (Phi) is 6.44. The first kappa shape index (κ1) is 20.9. The van der Waals surface area contributed by atoms with Gasteiger partial charge in [-0.05, 0) is 51.8 Å². The Hall–Kier alpha value is -2.31. The lowest BCUT2D eigenvalue weighted by Gasteiger charge is -2.33. The van der Waals surface area contributed by atoms with E-state index in [0.29, 0.717) is 12.0 Å². The van der Waals surface area contributed by atoms with Crippen LogP contribution in [0.2, 0.25) is 0 Å². The van der Waals surface area contributed by atoms with Crippen molar-refractivity contribution in [1.82, 2.24) is 14.9 Å². The molecule has 0 bridgehead atoms. The van der Waals surface area contributed by atoms with E-state index in [-0.39, 0.29) is 0 Å². The normalized spacial score (nSPS) is 16.3. The molecule has 4 rings (SSSR count). The van der Waals surface area contributed by atoms with E-state index in [9.17, 15) is 0 Å². The zero-order chi connectivity index (χ0) is 21.1. The average molecular weight is 422 g/mol. The van der Waals surface area contributed by atoms with E-state index < -0.39 is 0 Å². The molecule has 1 atom stereocenters. The zero-order valence-corrected chi connectivity index (χ0v) is 19.0. The van der Waals surface area contributed by atoms with Crippen molar-refractivity contribution in [2.24, 2.45) is 5.92 Å². The molecule has 1 aliphatic heterocycles. The Labute approximate surface area is 183 Å². The number of aromatic nitrogens is 2. The smallest absolute Gasteiger partial charge is 0.141 e. The molecule has 1 saturated heterocycles. The van der Waals surface area contributed by atoms with Crippen molar-refractivity contribution in [3.8, 4) is 11.1 Å². The first-order valence-corrected chi connectivity index (χ1v) is 11.7. The molecule has 2 aromatic heterocycles. The summed E-state index contributed by atoms with van der Waals surface area (Å²) in [4.78, 5) is 14.9. The van der Waals surface area contributed by atoms with E-state index in [2.05, 4.69) is 71.5 Å². The van der Waals surface area contributed by atoms with Gasteiger partial charge >= 0.3 is 0 Å². The molecule has 158 valence electrons. The monoisotopic (exact) mass is 421 g/mol. The van der Waals surface area contributed by atoms with Crippen LogP contribution in [0.25, 0.3) is 21.3 Å². The predicted octanol–water partition coefficient (Wildman–Crippen LogP) is 5.32. The number of anilines is 1.